The Bertz CT molecular complexity index is 1010. The minimum Gasteiger partial charge on any atom is -0.301 e. The van der Waals surface area contributed by atoms with Gasteiger partial charge in [0, 0.05) is 23.0 Å². The summed E-state index contributed by atoms with van der Waals surface area (Å²) in [4.78, 5) is 25.5. The normalized spacial score (nSPS) is 11.2. The fraction of sp³-hybridized carbons (Fsp3) is 0.316. The van der Waals surface area contributed by atoms with Gasteiger partial charge in [0.2, 0.25) is 0 Å². The fourth-order valence-corrected chi connectivity index (χ4v) is 5.09. The van der Waals surface area contributed by atoms with Crippen LogP contribution in [0.4, 0.5) is 5.13 Å². The summed E-state index contributed by atoms with van der Waals surface area (Å²) in [5.41, 5.74) is 1.16. The molecule has 1 N–H and O–H groups in total. The quantitative estimate of drug-likeness (QED) is 0.357. The predicted molar refractivity (Wildman–Crippen MR) is 124 cm³/mol. The molecule has 0 aromatic carbocycles. The summed E-state index contributed by atoms with van der Waals surface area (Å²) in [7, 11) is 2.08. The Labute approximate surface area is 192 Å². The van der Waals surface area contributed by atoms with Crippen molar-refractivity contribution >= 4 is 68.5 Å². The van der Waals surface area contributed by atoms with Gasteiger partial charge in [0.05, 0.1) is 26.2 Å². The first-order valence-electron chi connectivity index (χ1n) is 8.92. The molecule has 154 valence electrons. The molecule has 1 amide bonds. The number of halogens is 3. The molecule has 0 bridgehead atoms. The standard InChI is InChI=1S/C19H19Cl3N4OS2/c1-3-4-5-26(2)9-15-16(14-7-12(20)10-28-14)24-19(29-15)25-18(27)11-6-13(21)17(22)23-8-11/h6-8,10H,3-5,9H2,1-2H3,(H,24,25,27). The van der Waals surface area contributed by atoms with E-state index >= 15 is 0 Å². The first-order valence-corrected chi connectivity index (χ1v) is 11.8. The number of hydrogen-bond donors (Lipinski definition) is 1. The molecule has 0 radical (unpaired) electrons. The molecule has 0 saturated carbocycles. The van der Waals surface area contributed by atoms with Crippen molar-refractivity contribution in [2.24, 2.45) is 0 Å². The van der Waals surface area contributed by atoms with Crippen LogP contribution in [-0.4, -0.2) is 34.4 Å². The average molecular weight is 490 g/mol. The molecule has 10 heteroatoms. The van der Waals surface area contributed by atoms with Gasteiger partial charge in [-0.25, -0.2) is 9.97 Å². The first-order chi connectivity index (χ1) is 13.9. The van der Waals surface area contributed by atoms with E-state index in [1.807, 2.05) is 11.4 Å². The van der Waals surface area contributed by atoms with E-state index in [0.29, 0.717) is 15.7 Å². The number of amides is 1. The number of nitrogens with zero attached hydrogens (tertiary/aromatic N) is 3. The molecule has 0 aliphatic heterocycles. The van der Waals surface area contributed by atoms with Crippen LogP contribution < -0.4 is 5.32 Å². The zero-order valence-electron chi connectivity index (χ0n) is 15.8. The lowest BCUT2D eigenvalue weighted by molar-refractivity contribution is 0.102. The van der Waals surface area contributed by atoms with Crippen molar-refractivity contribution in [3.8, 4) is 10.6 Å². The van der Waals surface area contributed by atoms with Crippen LogP contribution in [0.1, 0.15) is 35.0 Å². The summed E-state index contributed by atoms with van der Waals surface area (Å²) >= 11 is 20.9. The fourth-order valence-electron chi connectivity index (χ4n) is 2.61. The predicted octanol–water partition coefficient (Wildman–Crippen LogP) is 6.71. The third-order valence-corrected chi connectivity index (χ3v) is 7.01. The minimum absolute atomic E-state index is 0.159. The highest BCUT2D eigenvalue weighted by Gasteiger charge is 2.19. The second-order valence-corrected chi connectivity index (χ2v) is 9.66. The van der Waals surface area contributed by atoms with Gasteiger partial charge in [-0.15, -0.1) is 11.3 Å². The number of anilines is 1. The zero-order valence-corrected chi connectivity index (χ0v) is 19.7. The molecule has 3 aromatic heterocycles. The smallest absolute Gasteiger partial charge is 0.259 e. The molecule has 0 atom stereocenters. The molecule has 0 aliphatic carbocycles. The van der Waals surface area contributed by atoms with Gasteiger partial charge in [-0.1, -0.05) is 59.5 Å². The van der Waals surface area contributed by atoms with E-state index < -0.39 is 0 Å². The number of thiazole rings is 1. The van der Waals surface area contributed by atoms with Crippen LogP contribution >= 0.6 is 57.5 Å². The molecule has 0 saturated heterocycles. The second-order valence-electron chi connectivity index (χ2n) is 6.46. The third kappa shape index (κ3) is 5.90. The van der Waals surface area contributed by atoms with Crippen LogP contribution in [0.25, 0.3) is 10.6 Å². The van der Waals surface area contributed by atoms with E-state index in [0.717, 1.165) is 41.4 Å². The highest BCUT2D eigenvalue weighted by atomic mass is 35.5. The van der Waals surface area contributed by atoms with Crippen molar-refractivity contribution in [2.45, 2.75) is 26.3 Å². The number of pyridine rings is 1. The molecule has 0 fully saturated rings. The Kier molecular flexibility index (Phi) is 7.90. The van der Waals surface area contributed by atoms with E-state index in [1.165, 1.54) is 34.9 Å². The average Bonchev–Trinajstić information content (AvgIpc) is 3.28. The molecular formula is C19H19Cl3N4OS2. The van der Waals surface area contributed by atoms with Crippen LogP contribution in [0.5, 0.6) is 0 Å². The number of rotatable bonds is 8. The molecule has 3 aromatic rings. The van der Waals surface area contributed by atoms with Gasteiger partial charge in [0.1, 0.15) is 5.15 Å². The van der Waals surface area contributed by atoms with Crippen molar-refractivity contribution < 1.29 is 4.79 Å². The van der Waals surface area contributed by atoms with Gasteiger partial charge in [-0.2, -0.15) is 0 Å². The minimum atomic E-state index is -0.341. The third-order valence-electron chi connectivity index (χ3n) is 4.08. The summed E-state index contributed by atoms with van der Waals surface area (Å²) < 4.78 is 0. The summed E-state index contributed by atoms with van der Waals surface area (Å²) in [6.45, 7) is 3.91. The number of carbonyl (C=O) groups is 1. The Morgan fingerprint density at radius 3 is 2.72 bits per heavy atom. The molecule has 0 unspecified atom stereocenters. The number of carbonyl (C=O) groups excluding carboxylic acids is 1. The zero-order chi connectivity index (χ0) is 21.0. The van der Waals surface area contributed by atoms with Gasteiger partial charge in [0.25, 0.3) is 5.91 Å². The topological polar surface area (TPSA) is 58.1 Å². The van der Waals surface area contributed by atoms with E-state index in [4.69, 9.17) is 34.8 Å². The molecular weight excluding hydrogens is 471 g/mol. The SMILES string of the molecule is CCCCN(C)Cc1sc(NC(=O)c2cnc(Cl)c(Cl)c2)nc1-c1cc(Cl)cs1. The number of aromatic nitrogens is 2. The highest BCUT2D eigenvalue weighted by Crippen LogP contribution is 2.37. The van der Waals surface area contributed by atoms with Crippen LogP contribution in [-0.2, 0) is 6.54 Å². The van der Waals surface area contributed by atoms with Crippen molar-refractivity contribution in [2.75, 3.05) is 18.9 Å². The number of unbranched alkanes of at least 4 members (excludes halogenated alkanes) is 1. The second kappa shape index (κ2) is 10.2. The number of thiophene rings is 1. The molecule has 3 heterocycles. The van der Waals surface area contributed by atoms with E-state index in [-0.39, 0.29) is 16.1 Å². The van der Waals surface area contributed by atoms with Gasteiger partial charge in [-0.3, -0.25) is 10.1 Å². The molecule has 3 rings (SSSR count). The van der Waals surface area contributed by atoms with Gasteiger partial charge < -0.3 is 4.90 Å². The van der Waals surface area contributed by atoms with Crippen molar-refractivity contribution in [1.29, 1.82) is 0 Å². The van der Waals surface area contributed by atoms with E-state index in [2.05, 4.69) is 34.2 Å². The lowest BCUT2D eigenvalue weighted by atomic mass is 10.2. The number of hydrogen-bond acceptors (Lipinski definition) is 6. The van der Waals surface area contributed by atoms with Crippen molar-refractivity contribution in [1.82, 2.24) is 14.9 Å². The summed E-state index contributed by atoms with van der Waals surface area (Å²) in [6, 6.07) is 3.38. The van der Waals surface area contributed by atoms with Crippen LogP contribution in [0.15, 0.2) is 23.7 Å². The lowest BCUT2D eigenvalue weighted by Crippen LogP contribution is -2.18. The van der Waals surface area contributed by atoms with Crippen LogP contribution in [0, 0.1) is 0 Å². The van der Waals surface area contributed by atoms with Crippen LogP contribution in [0.2, 0.25) is 15.2 Å². The lowest BCUT2D eigenvalue weighted by Gasteiger charge is -2.15. The Morgan fingerprint density at radius 2 is 2.07 bits per heavy atom. The first kappa shape index (κ1) is 22.5. The summed E-state index contributed by atoms with van der Waals surface area (Å²) in [5.74, 6) is -0.341. The van der Waals surface area contributed by atoms with E-state index in [9.17, 15) is 4.79 Å². The molecule has 0 aliphatic rings. The number of nitrogens with one attached hydrogen (secondary N) is 1. The largest absolute Gasteiger partial charge is 0.301 e. The maximum atomic E-state index is 12.6. The van der Waals surface area contributed by atoms with Crippen LogP contribution in [0.3, 0.4) is 0 Å². The molecule has 5 nitrogen and oxygen atoms in total. The molecule has 0 spiro atoms. The van der Waals surface area contributed by atoms with Crippen molar-refractivity contribution in [3.63, 3.8) is 0 Å². The maximum absolute atomic E-state index is 12.6. The molecule has 29 heavy (non-hydrogen) atoms. The highest BCUT2D eigenvalue weighted by molar-refractivity contribution is 7.17. The van der Waals surface area contributed by atoms with Crippen molar-refractivity contribution in [3.05, 3.63) is 49.3 Å². The Morgan fingerprint density at radius 1 is 1.28 bits per heavy atom. The Hall–Kier alpha value is -1.22. The van der Waals surface area contributed by atoms with Gasteiger partial charge in [-0.05, 0) is 32.1 Å². The van der Waals surface area contributed by atoms with E-state index in [1.54, 1.807) is 0 Å². The summed E-state index contributed by atoms with van der Waals surface area (Å²) in [5, 5.41) is 6.29. The maximum Gasteiger partial charge on any atom is 0.259 e. The summed E-state index contributed by atoms with van der Waals surface area (Å²) in [6.07, 6.45) is 3.65. The Balaban J connectivity index is 1.84. The van der Waals surface area contributed by atoms with Gasteiger partial charge in [0.15, 0.2) is 5.13 Å². The monoisotopic (exact) mass is 488 g/mol. The van der Waals surface area contributed by atoms with Gasteiger partial charge >= 0.3 is 0 Å².